The van der Waals surface area contributed by atoms with E-state index in [1.165, 1.54) is 18.9 Å². The number of benzene rings is 1. The molecule has 0 radical (unpaired) electrons. The second-order valence-corrected chi connectivity index (χ2v) is 7.46. The molecule has 2 fully saturated rings. The van der Waals surface area contributed by atoms with E-state index in [1.54, 1.807) is 23.1 Å². The van der Waals surface area contributed by atoms with Crippen LogP contribution in [-0.2, 0) is 9.53 Å². The number of rotatable bonds is 6. The molecule has 0 unspecified atom stereocenters. The molecule has 2 aliphatic heterocycles. The minimum atomic E-state index is -0.0979. The average Bonchev–Trinajstić information content (AvgIpc) is 3.25. The lowest BCUT2D eigenvalue weighted by Gasteiger charge is -2.18. The third kappa shape index (κ3) is 4.18. The molecule has 0 bridgehead atoms. The Bertz CT molecular complexity index is 782. The van der Waals surface area contributed by atoms with Gasteiger partial charge in [0.1, 0.15) is 10.4 Å². The first-order valence-electron chi connectivity index (χ1n) is 8.17. The van der Waals surface area contributed by atoms with Crippen LogP contribution in [0.3, 0.4) is 0 Å². The fourth-order valence-electron chi connectivity index (χ4n) is 2.80. The van der Waals surface area contributed by atoms with Gasteiger partial charge in [0.15, 0.2) is 18.1 Å². The molecule has 0 aromatic heterocycles. The summed E-state index contributed by atoms with van der Waals surface area (Å²) in [6, 6.07) is 7.21. The van der Waals surface area contributed by atoms with Crippen LogP contribution in [0.15, 0.2) is 23.1 Å². The van der Waals surface area contributed by atoms with Gasteiger partial charge in [-0.15, -0.1) is 0 Å². The Labute approximate surface area is 161 Å². The van der Waals surface area contributed by atoms with Crippen molar-refractivity contribution >= 4 is 40.3 Å². The molecule has 2 saturated heterocycles. The predicted molar refractivity (Wildman–Crippen MR) is 103 cm³/mol. The standard InChI is InChI=1S/C18H18N2O4S2/c1-22-15-9-12(4-5-14(15)24-8-6-19)10-16-17(21)20(18(25)26-16)11-13-3-2-7-23-13/h4-5,9-10,13H,2-3,7-8,11H2,1H3/b16-10-/t13-/m0/s1. The largest absolute Gasteiger partial charge is 0.493 e. The minimum Gasteiger partial charge on any atom is -0.493 e. The Hall–Kier alpha value is -2.08. The molecule has 1 amide bonds. The number of ether oxygens (including phenoxy) is 3. The third-order valence-electron chi connectivity index (χ3n) is 4.06. The summed E-state index contributed by atoms with van der Waals surface area (Å²) in [5.41, 5.74) is 0.795. The van der Waals surface area contributed by atoms with Crippen molar-refractivity contribution in [3.63, 3.8) is 0 Å². The number of thiocarbonyl (C=S) groups is 1. The van der Waals surface area contributed by atoms with Crippen LogP contribution in [0, 0.1) is 11.3 Å². The number of carbonyl (C=O) groups excluding carboxylic acids is 1. The van der Waals surface area contributed by atoms with Crippen LogP contribution in [0.5, 0.6) is 11.5 Å². The van der Waals surface area contributed by atoms with Crippen molar-refractivity contribution in [2.75, 3.05) is 26.9 Å². The van der Waals surface area contributed by atoms with Crippen LogP contribution < -0.4 is 9.47 Å². The zero-order valence-corrected chi connectivity index (χ0v) is 15.9. The summed E-state index contributed by atoms with van der Waals surface area (Å²) >= 11 is 6.65. The monoisotopic (exact) mass is 390 g/mol. The SMILES string of the molecule is COc1cc(/C=C2\SC(=S)N(C[C@@H]3CCCO3)C2=O)ccc1OCC#N. The molecule has 2 aliphatic rings. The maximum absolute atomic E-state index is 12.7. The van der Waals surface area contributed by atoms with E-state index in [4.69, 9.17) is 31.7 Å². The highest BCUT2D eigenvalue weighted by molar-refractivity contribution is 8.26. The average molecular weight is 390 g/mol. The third-order valence-corrected chi connectivity index (χ3v) is 5.44. The van der Waals surface area contributed by atoms with Crippen molar-refractivity contribution in [1.82, 2.24) is 4.90 Å². The van der Waals surface area contributed by atoms with Gasteiger partial charge < -0.3 is 14.2 Å². The molecular formula is C18H18N2O4S2. The Kier molecular flexibility index (Phi) is 6.14. The van der Waals surface area contributed by atoms with Gasteiger partial charge in [-0.05, 0) is 36.6 Å². The number of nitrogens with zero attached hydrogens (tertiary/aromatic N) is 2. The van der Waals surface area contributed by atoms with Crippen molar-refractivity contribution in [2.45, 2.75) is 18.9 Å². The van der Waals surface area contributed by atoms with Crippen LogP contribution in [0.2, 0.25) is 0 Å². The van der Waals surface area contributed by atoms with E-state index in [1.807, 2.05) is 12.1 Å². The zero-order chi connectivity index (χ0) is 18.5. The van der Waals surface area contributed by atoms with Gasteiger partial charge in [0.2, 0.25) is 0 Å². The maximum Gasteiger partial charge on any atom is 0.266 e. The second-order valence-electron chi connectivity index (χ2n) is 5.78. The number of thioether (sulfide) groups is 1. The molecule has 0 saturated carbocycles. The lowest BCUT2D eigenvalue weighted by atomic mass is 10.1. The fraction of sp³-hybridized carbons (Fsp3) is 0.389. The van der Waals surface area contributed by atoms with E-state index in [2.05, 4.69) is 0 Å². The molecule has 6 nitrogen and oxygen atoms in total. The fourth-order valence-corrected chi connectivity index (χ4v) is 4.08. The Morgan fingerprint density at radius 2 is 2.35 bits per heavy atom. The minimum absolute atomic E-state index is 0.0579. The lowest BCUT2D eigenvalue weighted by Crippen LogP contribution is -2.35. The summed E-state index contributed by atoms with van der Waals surface area (Å²) in [7, 11) is 1.53. The van der Waals surface area contributed by atoms with E-state index < -0.39 is 0 Å². The van der Waals surface area contributed by atoms with E-state index in [9.17, 15) is 4.79 Å². The highest BCUT2D eigenvalue weighted by atomic mass is 32.2. The summed E-state index contributed by atoms with van der Waals surface area (Å²) in [5, 5.41) is 8.62. The molecule has 0 spiro atoms. The Morgan fingerprint density at radius 1 is 1.50 bits per heavy atom. The van der Waals surface area contributed by atoms with Crippen molar-refractivity contribution in [2.24, 2.45) is 0 Å². The second kappa shape index (κ2) is 8.54. The Balaban J connectivity index is 1.76. The summed E-state index contributed by atoms with van der Waals surface area (Å²) < 4.78 is 16.8. The Morgan fingerprint density at radius 3 is 3.04 bits per heavy atom. The van der Waals surface area contributed by atoms with Crippen molar-refractivity contribution in [3.8, 4) is 17.6 Å². The van der Waals surface area contributed by atoms with Gasteiger partial charge in [0.25, 0.3) is 5.91 Å². The molecule has 8 heteroatoms. The number of hydrogen-bond donors (Lipinski definition) is 0. The molecule has 0 N–H and O–H groups in total. The van der Waals surface area contributed by atoms with Crippen LogP contribution >= 0.6 is 24.0 Å². The van der Waals surface area contributed by atoms with Crippen LogP contribution in [0.4, 0.5) is 0 Å². The van der Waals surface area contributed by atoms with Gasteiger partial charge in [-0.25, -0.2) is 0 Å². The van der Waals surface area contributed by atoms with E-state index in [0.29, 0.717) is 27.3 Å². The number of hydrogen-bond acceptors (Lipinski definition) is 7. The van der Waals surface area contributed by atoms with Crippen LogP contribution in [-0.4, -0.2) is 48.1 Å². The first-order valence-corrected chi connectivity index (χ1v) is 9.39. The molecular weight excluding hydrogens is 372 g/mol. The molecule has 3 rings (SSSR count). The van der Waals surface area contributed by atoms with Crippen LogP contribution in [0.25, 0.3) is 6.08 Å². The first-order chi connectivity index (χ1) is 12.6. The number of amides is 1. The number of methoxy groups -OCH3 is 1. The molecule has 1 aromatic rings. The molecule has 0 aliphatic carbocycles. The van der Waals surface area contributed by atoms with Gasteiger partial charge >= 0.3 is 0 Å². The molecule has 1 aromatic carbocycles. The summed E-state index contributed by atoms with van der Waals surface area (Å²) in [4.78, 5) is 14.9. The topological polar surface area (TPSA) is 71.8 Å². The van der Waals surface area contributed by atoms with Gasteiger partial charge in [-0.2, -0.15) is 5.26 Å². The quantitative estimate of drug-likeness (QED) is 0.546. The van der Waals surface area contributed by atoms with Gasteiger partial charge in [-0.1, -0.05) is 30.0 Å². The van der Waals surface area contributed by atoms with E-state index in [-0.39, 0.29) is 18.6 Å². The highest BCUT2D eigenvalue weighted by Crippen LogP contribution is 2.35. The maximum atomic E-state index is 12.7. The number of nitriles is 1. The van der Waals surface area contributed by atoms with E-state index >= 15 is 0 Å². The lowest BCUT2D eigenvalue weighted by molar-refractivity contribution is -0.123. The van der Waals surface area contributed by atoms with Crippen molar-refractivity contribution < 1.29 is 19.0 Å². The molecule has 26 heavy (non-hydrogen) atoms. The smallest absolute Gasteiger partial charge is 0.266 e. The summed E-state index contributed by atoms with van der Waals surface area (Å²) in [5.74, 6) is 0.889. The first kappa shape index (κ1) is 18.7. The van der Waals surface area contributed by atoms with Crippen molar-refractivity contribution in [3.05, 3.63) is 28.7 Å². The molecule has 2 heterocycles. The van der Waals surface area contributed by atoms with Crippen molar-refractivity contribution in [1.29, 1.82) is 5.26 Å². The molecule has 1 atom stereocenters. The summed E-state index contributed by atoms with van der Waals surface area (Å²) in [6.45, 7) is 1.19. The predicted octanol–water partition coefficient (Wildman–Crippen LogP) is 2.98. The van der Waals surface area contributed by atoms with E-state index in [0.717, 1.165) is 25.0 Å². The van der Waals surface area contributed by atoms with Gasteiger partial charge in [0, 0.05) is 6.61 Å². The highest BCUT2D eigenvalue weighted by Gasteiger charge is 2.34. The van der Waals surface area contributed by atoms with Gasteiger partial charge in [-0.3, -0.25) is 9.69 Å². The molecule has 136 valence electrons. The van der Waals surface area contributed by atoms with Gasteiger partial charge in [0.05, 0.1) is 24.7 Å². The number of carbonyl (C=O) groups is 1. The zero-order valence-electron chi connectivity index (χ0n) is 14.3. The normalized spacial score (nSPS) is 21.3. The van der Waals surface area contributed by atoms with Crippen LogP contribution in [0.1, 0.15) is 18.4 Å². The summed E-state index contributed by atoms with van der Waals surface area (Å²) in [6.07, 6.45) is 3.83.